The second kappa shape index (κ2) is 9.08. The van der Waals surface area contributed by atoms with E-state index >= 15 is 0 Å². The SMILES string of the molecule is CCOC(=O)Cc1csc(NN=Cc2cccc3c2ccn3C(=O)OC(C)(C)C)n1. The molecule has 2 heterocycles. The second-order valence-corrected chi connectivity index (χ2v) is 8.30. The Morgan fingerprint density at radius 3 is 2.83 bits per heavy atom. The van der Waals surface area contributed by atoms with Crippen LogP contribution in [-0.2, 0) is 20.7 Å². The lowest BCUT2D eigenvalue weighted by Crippen LogP contribution is -2.26. The summed E-state index contributed by atoms with van der Waals surface area (Å²) in [4.78, 5) is 28.3. The minimum absolute atomic E-state index is 0.132. The van der Waals surface area contributed by atoms with E-state index in [1.54, 1.807) is 24.7 Å². The molecule has 0 atom stereocenters. The molecule has 3 rings (SSSR count). The minimum Gasteiger partial charge on any atom is -0.466 e. The summed E-state index contributed by atoms with van der Waals surface area (Å²) < 4.78 is 11.9. The monoisotopic (exact) mass is 428 g/mol. The lowest BCUT2D eigenvalue weighted by Gasteiger charge is -2.19. The van der Waals surface area contributed by atoms with Gasteiger partial charge in [0.1, 0.15) is 5.60 Å². The van der Waals surface area contributed by atoms with Crippen LogP contribution >= 0.6 is 11.3 Å². The Bertz CT molecular complexity index is 1080. The van der Waals surface area contributed by atoms with Gasteiger partial charge in [-0.15, -0.1) is 11.3 Å². The zero-order valence-electron chi connectivity index (χ0n) is 17.3. The molecule has 0 saturated carbocycles. The zero-order chi connectivity index (χ0) is 21.7. The van der Waals surface area contributed by atoms with E-state index < -0.39 is 11.7 Å². The number of carbonyl (C=O) groups excluding carboxylic acids is 2. The average molecular weight is 429 g/mol. The van der Waals surface area contributed by atoms with Crippen molar-refractivity contribution >= 4 is 45.6 Å². The van der Waals surface area contributed by atoms with Crippen molar-refractivity contribution in [1.29, 1.82) is 0 Å². The number of hydrogen-bond acceptors (Lipinski definition) is 8. The highest BCUT2D eigenvalue weighted by Gasteiger charge is 2.19. The molecule has 0 aliphatic carbocycles. The minimum atomic E-state index is -0.573. The predicted molar refractivity (Wildman–Crippen MR) is 117 cm³/mol. The number of benzene rings is 1. The van der Waals surface area contributed by atoms with Crippen molar-refractivity contribution in [1.82, 2.24) is 9.55 Å². The number of fused-ring (bicyclic) bond motifs is 1. The van der Waals surface area contributed by atoms with Crippen molar-refractivity contribution < 1.29 is 19.1 Å². The molecule has 0 radical (unpaired) electrons. The molecule has 9 heteroatoms. The summed E-state index contributed by atoms with van der Waals surface area (Å²) in [6.07, 6.45) is 3.05. The molecule has 2 aromatic heterocycles. The summed E-state index contributed by atoms with van der Waals surface area (Å²) in [5.74, 6) is -0.306. The molecule has 0 spiro atoms. The molecule has 1 N–H and O–H groups in total. The number of thiazole rings is 1. The topological polar surface area (TPSA) is 94.8 Å². The van der Waals surface area contributed by atoms with Crippen LogP contribution in [0.2, 0.25) is 0 Å². The summed E-state index contributed by atoms with van der Waals surface area (Å²) >= 11 is 1.35. The first-order chi connectivity index (χ1) is 14.3. The van der Waals surface area contributed by atoms with Gasteiger partial charge in [-0.05, 0) is 39.8 Å². The Morgan fingerprint density at radius 1 is 1.30 bits per heavy atom. The fourth-order valence-electron chi connectivity index (χ4n) is 2.73. The van der Waals surface area contributed by atoms with Crippen molar-refractivity contribution in [2.75, 3.05) is 12.0 Å². The molecule has 0 fully saturated rings. The number of rotatable bonds is 6. The molecular formula is C21H24N4O4S. The number of anilines is 1. The molecule has 30 heavy (non-hydrogen) atoms. The van der Waals surface area contributed by atoms with E-state index in [4.69, 9.17) is 9.47 Å². The van der Waals surface area contributed by atoms with Gasteiger partial charge in [0.25, 0.3) is 0 Å². The van der Waals surface area contributed by atoms with Gasteiger partial charge in [-0.2, -0.15) is 5.10 Å². The lowest BCUT2D eigenvalue weighted by atomic mass is 10.1. The van der Waals surface area contributed by atoms with Crippen molar-refractivity contribution in [3.8, 4) is 0 Å². The van der Waals surface area contributed by atoms with Gasteiger partial charge in [0, 0.05) is 22.5 Å². The first kappa shape index (κ1) is 21.5. The smallest absolute Gasteiger partial charge is 0.418 e. The summed E-state index contributed by atoms with van der Waals surface area (Å²) in [7, 11) is 0. The van der Waals surface area contributed by atoms with E-state index in [-0.39, 0.29) is 12.4 Å². The van der Waals surface area contributed by atoms with Crippen molar-refractivity contribution in [3.63, 3.8) is 0 Å². The van der Waals surface area contributed by atoms with Crippen molar-refractivity contribution in [2.45, 2.75) is 39.7 Å². The number of hydrogen-bond donors (Lipinski definition) is 1. The molecule has 0 saturated heterocycles. The average Bonchev–Trinajstić information content (AvgIpc) is 3.28. The van der Waals surface area contributed by atoms with E-state index in [0.29, 0.717) is 17.4 Å². The van der Waals surface area contributed by atoms with Gasteiger partial charge in [-0.3, -0.25) is 14.8 Å². The Labute approximate surface area is 178 Å². The van der Waals surface area contributed by atoms with Gasteiger partial charge < -0.3 is 9.47 Å². The summed E-state index contributed by atoms with van der Waals surface area (Å²) in [5.41, 5.74) is 4.50. The quantitative estimate of drug-likeness (QED) is 0.354. The van der Waals surface area contributed by atoms with Gasteiger partial charge >= 0.3 is 12.1 Å². The highest BCUT2D eigenvalue weighted by molar-refractivity contribution is 7.13. The zero-order valence-corrected chi connectivity index (χ0v) is 18.2. The van der Waals surface area contributed by atoms with Crippen LogP contribution in [-0.4, -0.2) is 40.0 Å². The van der Waals surface area contributed by atoms with Crippen LogP contribution in [0.15, 0.2) is 40.9 Å². The van der Waals surface area contributed by atoms with Gasteiger partial charge in [0.2, 0.25) is 5.13 Å². The maximum Gasteiger partial charge on any atom is 0.418 e. The number of aromatic nitrogens is 2. The molecule has 8 nitrogen and oxygen atoms in total. The third kappa shape index (κ3) is 5.44. The number of nitrogens with zero attached hydrogens (tertiary/aromatic N) is 3. The number of ether oxygens (including phenoxy) is 2. The van der Waals surface area contributed by atoms with Gasteiger partial charge in [-0.25, -0.2) is 9.78 Å². The van der Waals surface area contributed by atoms with E-state index in [9.17, 15) is 9.59 Å². The summed E-state index contributed by atoms with van der Waals surface area (Å²) in [5, 5.41) is 7.47. The van der Waals surface area contributed by atoms with Gasteiger partial charge in [0.15, 0.2) is 0 Å². The molecular weight excluding hydrogens is 404 g/mol. The Kier molecular flexibility index (Phi) is 6.51. The molecule has 0 aliphatic heterocycles. The van der Waals surface area contributed by atoms with Crippen LogP contribution in [0.5, 0.6) is 0 Å². The molecule has 0 bridgehead atoms. The third-order valence-electron chi connectivity index (χ3n) is 3.90. The first-order valence-corrected chi connectivity index (χ1v) is 10.4. The number of nitrogens with one attached hydrogen (secondary N) is 1. The second-order valence-electron chi connectivity index (χ2n) is 7.44. The van der Waals surface area contributed by atoms with Crippen LogP contribution in [0.3, 0.4) is 0 Å². The fraction of sp³-hybridized carbons (Fsp3) is 0.333. The first-order valence-electron chi connectivity index (χ1n) is 9.49. The highest BCUT2D eigenvalue weighted by atomic mass is 32.1. The van der Waals surface area contributed by atoms with Gasteiger partial charge in [-0.1, -0.05) is 12.1 Å². The Hall–Kier alpha value is -3.20. The Balaban J connectivity index is 1.71. The van der Waals surface area contributed by atoms with Crippen LogP contribution in [0.25, 0.3) is 10.9 Å². The van der Waals surface area contributed by atoms with E-state index in [1.165, 1.54) is 15.9 Å². The van der Waals surface area contributed by atoms with Crippen LogP contribution in [0.4, 0.5) is 9.93 Å². The van der Waals surface area contributed by atoms with Crippen LogP contribution in [0, 0.1) is 0 Å². The summed E-state index contributed by atoms with van der Waals surface area (Å²) in [6.45, 7) is 7.60. The Morgan fingerprint density at radius 2 is 2.10 bits per heavy atom. The van der Waals surface area contributed by atoms with Crippen molar-refractivity contribution in [2.24, 2.45) is 5.10 Å². The summed E-state index contributed by atoms with van der Waals surface area (Å²) in [6, 6.07) is 7.46. The maximum atomic E-state index is 12.4. The number of hydrazone groups is 1. The predicted octanol–water partition coefficient (Wildman–Crippen LogP) is 4.43. The van der Waals surface area contributed by atoms with Crippen LogP contribution < -0.4 is 5.43 Å². The van der Waals surface area contributed by atoms with Gasteiger partial charge in [0.05, 0.1) is 30.5 Å². The molecule has 0 aliphatic rings. The molecule has 0 unspecified atom stereocenters. The van der Waals surface area contributed by atoms with Crippen molar-refractivity contribution in [3.05, 3.63) is 47.1 Å². The van der Waals surface area contributed by atoms with Crippen LogP contribution in [0.1, 0.15) is 39.0 Å². The fourth-order valence-corrected chi connectivity index (χ4v) is 3.39. The normalized spacial score (nSPS) is 11.7. The third-order valence-corrected chi connectivity index (χ3v) is 4.70. The number of esters is 1. The molecule has 0 amide bonds. The number of carbonyl (C=O) groups is 2. The molecule has 3 aromatic rings. The standard InChI is InChI=1S/C21H24N4O4S/c1-5-28-18(26)11-15-13-30-19(23-15)24-22-12-14-7-6-8-17-16(14)9-10-25(17)20(27)29-21(2,3)4/h6-10,12-13H,5,11H2,1-4H3,(H,23,24). The van der Waals surface area contributed by atoms with E-state index in [1.807, 2.05) is 45.0 Å². The largest absolute Gasteiger partial charge is 0.466 e. The maximum absolute atomic E-state index is 12.4. The van der Waals surface area contributed by atoms with E-state index in [0.717, 1.165) is 16.5 Å². The molecule has 158 valence electrons. The highest BCUT2D eigenvalue weighted by Crippen LogP contribution is 2.21. The molecule has 1 aromatic carbocycles. The van der Waals surface area contributed by atoms with E-state index in [2.05, 4.69) is 15.5 Å². The lowest BCUT2D eigenvalue weighted by molar-refractivity contribution is -0.142.